The van der Waals surface area contributed by atoms with E-state index in [4.69, 9.17) is 0 Å². The van der Waals surface area contributed by atoms with E-state index < -0.39 is 0 Å². The molecule has 1 atom stereocenters. The topological polar surface area (TPSA) is 41.1 Å². The average Bonchev–Trinajstić information content (AvgIpc) is 2.44. The van der Waals surface area contributed by atoms with Crippen molar-refractivity contribution in [3.8, 4) is 0 Å². The van der Waals surface area contributed by atoms with E-state index in [1.54, 1.807) is 0 Å². The van der Waals surface area contributed by atoms with Gasteiger partial charge in [0, 0.05) is 11.4 Å². The van der Waals surface area contributed by atoms with E-state index in [-0.39, 0.29) is 11.9 Å². The van der Waals surface area contributed by atoms with Gasteiger partial charge in [0.05, 0.1) is 0 Å². The molecule has 0 saturated heterocycles. The third-order valence-corrected chi connectivity index (χ3v) is 3.66. The van der Waals surface area contributed by atoms with Crippen molar-refractivity contribution in [2.75, 3.05) is 10.6 Å². The van der Waals surface area contributed by atoms with Crippen molar-refractivity contribution in [1.29, 1.82) is 0 Å². The lowest BCUT2D eigenvalue weighted by Crippen LogP contribution is -2.32. The number of carbonyl (C=O) groups is 1. The van der Waals surface area contributed by atoms with Gasteiger partial charge in [0.25, 0.3) is 0 Å². The Hall–Kier alpha value is -2.29. The van der Waals surface area contributed by atoms with Crippen LogP contribution in [0.3, 0.4) is 0 Å². The summed E-state index contributed by atoms with van der Waals surface area (Å²) in [4.78, 5) is 12.3. The predicted molar refractivity (Wildman–Crippen MR) is 88.8 cm³/mol. The molecule has 0 unspecified atom stereocenters. The normalized spacial score (nSPS) is 11.8. The van der Waals surface area contributed by atoms with E-state index >= 15 is 0 Å². The van der Waals surface area contributed by atoms with Gasteiger partial charge in [0.1, 0.15) is 6.04 Å². The molecular weight excluding hydrogens is 260 g/mol. The van der Waals surface area contributed by atoms with Crippen molar-refractivity contribution in [3.63, 3.8) is 0 Å². The van der Waals surface area contributed by atoms with E-state index in [1.165, 1.54) is 11.1 Å². The Morgan fingerprint density at radius 3 is 2.48 bits per heavy atom. The Kier molecular flexibility index (Phi) is 4.63. The third kappa shape index (κ3) is 3.85. The molecule has 2 rings (SSSR count). The molecular formula is C18H22N2O. The Labute approximate surface area is 126 Å². The summed E-state index contributed by atoms with van der Waals surface area (Å²) in [7, 11) is 0. The summed E-state index contributed by atoms with van der Waals surface area (Å²) in [6, 6.07) is 13.6. The summed E-state index contributed by atoms with van der Waals surface area (Å²) >= 11 is 0. The minimum atomic E-state index is -0.300. The highest BCUT2D eigenvalue weighted by molar-refractivity contribution is 5.96. The molecule has 3 heteroatoms. The number of benzene rings is 2. The molecule has 110 valence electrons. The van der Waals surface area contributed by atoms with Crippen LogP contribution in [0.25, 0.3) is 0 Å². The van der Waals surface area contributed by atoms with Crippen LogP contribution >= 0.6 is 0 Å². The van der Waals surface area contributed by atoms with Gasteiger partial charge in [-0.1, -0.05) is 24.3 Å². The van der Waals surface area contributed by atoms with Gasteiger partial charge in [-0.05, 0) is 62.6 Å². The van der Waals surface area contributed by atoms with Crippen LogP contribution in [0, 0.1) is 20.8 Å². The van der Waals surface area contributed by atoms with Crippen molar-refractivity contribution in [3.05, 3.63) is 59.2 Å². The number of aryl methyl sites for hydroxylation is 2. The van der Waals surface area contributed by atoms with Crippen LogP contribution in [-0.2, 0) is 4.79 Å². The van der Waals surface area contributed by atoms with Crippen molar-refractivity contribution < 1.29 is 4.79 Å². The van der Waals surface area contributed by atoms with E-state index in [9.17, 15) is 4.79 Å². The number of rotatable bonds is 4. The summed E-state index contributed by atoms with van der Waals surface area (Å²) in [5.74, 6) is -0.0403. The highest BCUT2D eigenvalue weighted by Crippen LogP contribution is 2.19. The van der Waals surface area contributed by atoms with Gasteiger partial charge in [-0.3, -0.25) is 4.79 Å². The molecule has 0 aliphatic rings. The second-order valence-corrected chi connectivity index (χ2v) is 5.47. The minimum Gasteiger partial charge on any atom is -0.374 e. The summed E-state index contributed by atoms with van der Waals surface area (Å²) in [6.45, 7) is 8.00. The van der Waals surface area contributed by atoms with Crippen molar-refractivity contribution in [2.24, 2.45) is 0 Å². The SMILES string of the molecule is Cc1cccc(NC(=O)[C@H](C)Nc2cccc(C)c2C)c1. The number of hydrogen-bond donors (Lipinski definition) is 2. The van der Waals surface area contributed by atoms with Gasteiger partial charge in [-0.2, -0.15) is 0 Å². The molecule has 1 amide bonds. The zero-order valence-corrected chi connectivity index (χ0v) is 13.0. The molecule has 21 heavy (non-hydrogen) atoms. The molecule has 2 N–H and O–H groups in total. The summed E-state index contributed by atoms with van der Waals surface area (Å²) < 4.78 is 0. The minimum absolute atomic E-state index is 0.0403. The zero-order valence-electron chi connectivity index (χ0n) is 13.0. The summed E-state index contributed by atoms with van der Waals surface area (Å²) in [6.07, 6.45) is 0. The van der Waals surface area contributed by atoms with Crippen LogP contribution in [-0.4, -0.2) is 11.9 Å². The first-order chi connectivity index (χ1) is 9.97. The van der Waals surface area contributed by atoms with Crippen LogP contribution in [0.5, 0.6) is 0 Å². The number of hydrogen-bond acceptors (Lipinski definition) is 2. The molecule has 2 aromatic rings. The van der Waals surface area contributed by atoms with Gasteiger partial charge in [0.15, 0.2) is 0 Å². The van der Waals surface area contributed by atoms with E-state index in [0.717, 1.165) is 16.9 Å². The first kappa shape index (κ1) is 15.1. The Bertz CT molecular complexity index is 649. The fraction of sp³-hybridized carbons (Fsp3) is 0.278. The molecule has 0 aromatic heterocycles. The molecule has 0 bridgehead atoms. The van der Waals surface area contributed by atoms with Crippen molar-refractivity contribution in [1.82, 2.24) is 0 Å². The van der Waals surface area contributed by atoms with Gasteiger partial charge in [-0.25, -0.2) is 0 Å². The molecule has 0 radical (unpaired) electrons. The van der Waals surface area contributed by atoms with Gasteiger partial charge in [-0.15, -0.1) is 0 Å². The maximum Gasteiger partial charge on any atom is 0.246 e. The zero-order chi connectivity index (χ0) is 15.4. The first-order valence-electron chi connectivity index (χ1n) is 7.17. The first-order valence-corrected chi connectivity index (χ1v) is 7.17. The second-order valence-electron chi connectivity index (χ2n) is 5.47. The van der Waals surface area contributed by atoms with E-state index in [1.807, 2.05) is 50.2 Å². The van der Waals surface area contributed by atoms with Crippen LogP contribution in [0.15, 0.2) is 42.5 Å². The molecule has 0 spiro atoms. The molecule has 0 saturated carbocycles. The number of amides is 1. The maximum atomic E-state index is 12.3. The summed E-state index contributed by atoms with van der Waals surface area (Å²) in [5.41, 5.74) is 5.35. The second kappa shape index (κ2) is 6.44. The van der Waals surface area contributed by atoms with Crippen molar-refractivity contribution in [2.45, 2.75) is 33.7 Å². The predicted octanol–water partition coefficient (Wildman–Crippen LogP) is 4.05. The fourth-order valence-electron chi connectivity index (χ4n) is 2.18. The third-order valence-electron chi connectivity index (χ3n) is 3.66. The lowest BCUT2D eigenvalue weighted by Gasteiger charge is -2.18. The standard InChI is InChI=1S/C18H22N2O/c1-12-7-5-9-16(11-12)20-18(21)15(4)19-17-10-6-8-13(2)14(17)3/h5-11,15,19H,1-4H3,(H,20,21)/t15-/m0/s1. The van der Waals surface area contributed by atoms with Crippen LogP contribution < -0.4 is 10.6 Å². The molecule has 0 aliphatic heterocycles. The average molecular weight is 282 g/mol. The molecule has 0 fully saturated rings. The Balaban J connectivity index is 2.04. The van der Waals surface area contributed by atoms with Crippen molar-refractivity contribution >= 4 is 17.3 Å². The van der Waals surface area contributed by atoms with Gasteiger partial charge < -0.3 is 10.6 Å². The van der Waals surface area contributed by atoms with E-state index in [0.29, 0.717) is 0 Å². The quantitative estimate of drug-likeness (QED) is 0.888. The lowest BCUT2D eigenvalue weighted by molar-refractivity contribution is -0.116. The smallest absolute Gasteiger partial charge is 0.246 e. The highest BCUT2D eigenvalue weighted by Gasteiger charge is 2.14. The largest absolute Gasteiger partial charge is 0.374 e. The van der Waals surface area contributed by atoms with Crippen LogP contribution in [0.4, 0.5) is 11.4 Å². The molecule has 0 aliphatic carbocycles. The van der Waals surface area contributed by atoms with Crippen LogP contribution in [0.2, 0.25) is 0 Å². The van der Waals surface area contributed by atoms with Gasteiger partial charge >= 0.3 is 0 Å². The lowest BCUT2D eigenvalue weighted by atomic mass is 10.1. The number of carbonyl (C=O) groups excluding carboxylic acids is 1. The molecule has 0 heterocycles. The van der Waals surface area contributed by atoms with Gasteiger partial charge in [0.2, 0.25) is 5.91 Å². The Morgan fingerprint density at radius 1 is 1.05 bits per heavy atom. The van der Waals surface area contributed by atoms with E-state index in [2.05, 4.69) is 30.5 Å². The fourth-order valence-corrected chi connectivity index (χ4v) is 2.18. The number of anilines is 2. The molecule has 2 aromatic carbocycles. The summed E-state index contributed by atoms with van der Waals surface area (Å²) in [5, 5.41) is 6.21. The molecule has 3 nitrogen and oxygen atoms in total. The highest BCUT2D eigenvalue weighted by atomic mass is 16.2. The maximum absolute atomic E-state index is 12.3. The monoisotopic (exact) mass is 282 g/mol. The van der Waals surface area contributed by atoms with Crippen LogP contribution in [0.1, 0.15) is 23.6 Å². The number of nitrogens with one attached hydrogen (secondary N) is 2. The Morgan fingerprint density at radius 2 is 1.76 bits per heavy atom.